The first-order chi connectivity index (χ1) is 11.6. The number of carbonyl (C=O) groups is 2. The summed E-state index contributed by atoms with van der Waals surface area (Å²) in [4.78, 5) is 25.1. The highest BCUT2D eigenvalue weighted by Gasteiger charge is 2.31. The Bertz CT molecular complexity index is 819. The van der Waals surface area contributed by atoms with Gasteiger partial charge in [-0.2, -0.15) is 0 Å². The van der Waals surface area contributed by atoms with Crippen molar-refractivity contribution in [2.45, 2.75) is 26.3 Å². The van der Waals surface area contributed by atoms with Crippen LogP contribution in [0.15, 0.2) is 42.5 Å². The molecule has 0 aliphatic heterocycles. The van der Waals surface area contributed by atoms with Crippen LogP contribution in [-0.2, 0) is 0 Å². The largest absolute Gasteiger partial charge is 0.275 e. The molecular weight excluding hydrogens is 350 g/mol. The number of amides is 2. The van der Waals surface area contributed by atoms with Gasteiger partial charge in [0, 0.05) is 6.07 Å². The van der Waals surface area contributed by atoms with Crippen LogP contribution in [0.1, 0.15) is 41.5 Å². The average molecular weight is 367 g/mol. The van der Waals surface area contributed by atoms with Crippen LogP contribution in [0.2, 0.25) is 5.02 Å². The Morgan fingerprint density at radius 3 is 2.24 bits per heavy atom. The van der Waals surface area contributed by atoms with E-state index in [9.17, 15) is 18.4 Å². The number of rotatable bonds is 2. The minimum atomic E-state index is -1.01. The molecule has 4 nitrogen and oxygen atoms in total. The summed E-state index contributed by atoms with van der Waals surface area (Å²) in [5.41, 5.74) is 1.41. The summed E-state index contributed by atoms with van der Waals surface area (Å²) in [6, 6.07) is 8.97. The second-order valence-corrected chi connectivity index (χ2v) is 6.76. The molecule has 132 valence electrons. The molecule has 0 aromatic heterocycles. The lowest BCUT2D eigenvalue weighted by Gasteiger charge is -2.35. The van der Waals surface area contributed by atoms with Crippen LogP contribution < -0.4 is 5.43 Å². The van der Waals surface area contributed by atoms with E-state index in [-0.39, 0.29) is 16.1 Å². The molecule has 0 atom stereocenters. The highest BCUT2D eigenvalue weighted by Crippen LogP contribution is 2.20. The molecule has 0 saturated heterocycles. The third-order valence-corrected chi connectivity index (χ3v) is 3.70. The Morgan fingerprint density at radius 1 is 1.04 bits per heavy atom. The molecule has 0 fully saturated rings. The van der Waals surface area contributed by atoms with Crippen molar-refractivity contribution in [3.63, 3.8) is 0 Å². The molecular formula is C18H17ClF2N2O2. The molecule has 0 unspecified atom stereocenters. The standard InChI is InChI=1S/C18H17ClF2N2O2/c1-18(2,3)23(17(25)13-9-8-11(20)10-15(13)21)22-16(24)12-6-4-5-7-14(12)19/h4-10H,1-3H3,(H,22,24). The fraction of sp³-hybridized carbons (Fsp3) is 0.222. The Balaban J connectivity index is 2.35. The number of halogens is 3. The van der Waals surface area contributed by atoms with Gasteiger partial charge in [-0.15, -0.1) is 0 Å². The first kappa shape index (κ1) is 18.9. The summed E-state index contributed by atoms with van der Waals surface area (Å²) in [7, 11) is 0. The number of nitrogens with zero attached hydrogens (tertiary/aromatic N) is 1. The van der Waals surface area contributed by atoms with E-state index in [1.807, 2.05) is 0 Å². The van der Waals surface area contributed by atoms with Gasteiger partial charge in [0.15, 0.2) is 0 Å². The van der Waals surface area contributed by atoms with Crippen molar-refractivity contribution in [3.05, 3.63) is 70.2 Å². The molecule has 2 amide bonds. The molecule has 0 spiro atoms. The van der Waals surface area contributed by atoms with Crippen LogP contribution in [0.4, 0.5) is 8.78 Å². The van der Waals surface area contributed by atoms with Gasteiger partial charge < -0.3 is 0 Å². The normalized spacial score (nSPS) is 11.1. The first-order valence-electron chi connectivity index (χ1n) is 7.46. The molecule has 2 rings (SSSR count). The molecule has 0 aliphatic rings. The zero-order valence-electron chi connectivity index (χ0n) is 13.9. The van der Waals surface area contributed by atoms with Gasteiger partial charge in [0.1, 0.15) is 11.6 Å². The van der Waals surface area contributed by atoms with Gasteiger partial charge in [0.25, 0.3) is 11.8 Å². The van der Waals surface area contributed by atoms with E-state index in [1.54, 1.807) is 39.0 Å². The number of hydrogen-bond donors (Lipinski definition) is 1. The number of carbonyl (C=O) groups excluding carboxylic acids is 2. The van der Waals surface area contributed by atoms with Crippen LogP contribution in [0.3, 0.4) is 0 Å². The lowest BCUT2D eigenvalue weighted by Crippen LogP contribution is -2.56. The number of benzene rings is 2. The maximum Gasteiger partial charge on any atom is 0.275 e. The van der Waals surface area contributed by atoms with E-state index in [2.05, 4.69) is 5.43 Å². The molecule has 0 saturated carbocycles. The zero-order valence-corrected chi connectivity index (χ0v) is 14.7. The predicted molar refractivity (Wildman–Crippen MR) is 91.2 cm³/mol. The molecule has 25 heavy (non-hydrogen) atoms. The third-order valence-electron chi connectivity index (χ3n) is 3.37. The van der Waals surface area contributed by atoms with Gasteiger partial charge in [-0.05, 0) is 45.0 Å². The van der Waals surface area contributed by atoms with Crippen molar-refractivity contribution in [2.75, 3.05) is 0 Å². The minimum Gasteiger partial charge on any atom is -0.267 e. The Hall–Kier alpha value is -2.47. The van der Waals surface area contributed by atoms with Gasteiger partial charge >= 0.3 is 0 Å². The van der Waals surface area contributed by atoms with Crippen molar-refractivity contribution in [1.29, 1.82) is 0 Å². The van der Waals surface area contributed by atoms with Crippen LogP contribution in [0.5, 0.6) is 0 Å². The Kier molecular flexibility index (Phi) is 5.42. The number of nitrogens with one attached hydrogen (secondary N) is 1. The lowest BCUT2D eigenvalue weighted by molar-refractivity contribution is 0.0354. The van der Waals surface area contributed by atoms with Gasteiger partial charge in [0.05, 0.1) is 21.7 Å². The number of hydrogen-bond acceptors (Lipinski definition) is 2. The van der Waals surface area contributed by atoms with E-state index in [0.717, 1.165) is 17.1 Å². The molecule has 7 heteroatoms. The van der Waals surface area contributed by atoms with Crippen molar-refractivity contribution < 1.29 is 18.4 Å². The topological polar surface area (TPSA) is 49.4 Å². The fourth-order valence-corrected chi connectivity index (χ4v) is 2.34. The molecule has 0 aliphatic carbocycles. The van der Waals surface area contributed by atoms with E-state index < -0.39 is 29.0 Å². The van der Waals surface area contributed by atoms with Crippen molar-refractivity contribution in [3.8, 4) is 0 Å². The minimum absolute atomic E-state index is 0.172. The first-order valence-corrected chi connectivity index (χ1v) is 7.84. The van der Waals surface area contributed by atoms with E-state index >= 15 is 0 Å². The van der Waals surface area contributed by atoms with Crippen LogP contribution in [-0.4, -0.2) is 22.4 Å². The highest BCUT2D eigenvalue weighted by molar-refractivity contribution is 6.33. The Labute approximate surface area is 149 Å². The molecule has 0 heterocycles. The SMILES string of the molecule is CC(C)(C)N(NC(=O)c1ccccc1Cl)C(=O)c1ccc(F)cc1F. The molecule has 0 bridgehead atoms. The zero-order chi connectivity index (χ0) is 18.8. The van der Waals surface area contributed by atoms with Gasteiger partial charge in [0.2, 0.25) is 0 Å². The summed E-state index contributed by atoms with van der Waals surface area (Å²) in [6.07, 6.45) is 0. The summed E-state index contributed by atoms with van der Waals surface area (Å²) in [5, 5.41) is 1.21. The van der Waals surface area contributed by atoms with Crippen LogP contribution >= 0.6 is 11.6 Å². The van der Waals surface area contributed by atoms with E-state index in [4.69, 9.17) is 11.6 Å². The van der Waals surface area contributed by atoms with Crippen LogP contribution in [0.25, 0.3) is 0 Å². The van der Waals surface area contributed by atoms with Gasteiger partial charge in [-0.25, -0.2) is 13.8 Å². The van der Waals surface area contributed by atoms with Gasteiger partial charge in [-0.3, -0.25) is 15.0 Å². The summed E-state index contributed by atoms with van der Waals surface area (Å²) >= 11 is 5.99. The fourth-order valence-electron chi connectivity index (χ4n) is 2.11. The summed E-state index contributed by atoms with van der Waals surface area (Å²) in [5.74, 6) is -3.22. The van der Waals surface area contributed by atoms with E-state index in [1.165, 1.54) is 6.07 Å². The van der Waals surface area contributed by atoms with Gasteiger partial charge in [-0.1, -0.05) is 23.7 Å². The molecule has 2 aromatic rings. The maximum absolute atomic E-state index is 14.0. The Morgan fingerprint density at radius 2 is 1.68 bits per heavy atom. The van der Waals surface area contributed by atoms with Crippen LogP contribution in [0, 0.1) is 11.6 Å². The number of hydrazine groups is 1. The quantitative estimate of drug-likeness (QED) is 0.810. The predicted octanol–water partition coefficient (Wildman–Crippen LogP) is 4.20. The van der Waals surface area contributed by atoms with Crippen molar-refractivity contribution in [2.24, 2.45) is 0 Å². The summed E-state index contributed by atoms with van der Waals surface area (Å²) < 4.78 is 27.0. The second kappa shape index (κ2) is 7.19. The third kappa shape index (κ3) is 4.33. The van der Waals surface area contributed by atoms with E-state index in [0.29, 0.717) is 6.07 Å². The monoisotopic (exact) mass is 366 g/mol. The average Bonchev–Trinajstić information content (AvgIpc) is 2.51. The summed E-state index contributed by atoms with van der Waals surface area (Å²) in [6.45, 7) is 5.00. The highest BCUT2D eigenvalue weighted by atomic mass is 35.5. The molecule has 1 N–H and O–H groups in total. The van der Waals surface area contributed by atoms with Crippen molar-refractivity contribution in [1.82, 2.24) is 10.4 Å². The lowest BCUT2D eigenvalue weighted by atomic mass is 10.1. The molecule has 0 radical (unpaired) electrons. The maximum atomic E-state index is 14.0. The smallest absolute Gasteiger partial charge is 0.267 e. The second-order valence-electron chi connectivity index (χ2n) is 6.36. The van der Waals surface area contributed by atoms with Crippen molar-refractivity contribution >= 4 is 23.4 Å². The molecule has 2 aromatic carbocycles.